The van der Waals surface area contributed by atoms with Gasteiger partial charge in [0.05, 0.1) is 10.9 Å². The number of hydrogen-bond acceptors (Lipinski definition) is 2. The first-order chi connectivity index (χ1) is 8.99. The Morgan fingerprint density at radius 1 is 1.42 bits per heavy atom. The van der Waals surface area contributed by atoms with Crippen molar-refractivity contribution >= 4 is 23.5 Å². The normalized spacial score (nSPS) is 19.3. The number of halogens is 2. The van der Waals surface area contributed by atoms with E-state index in [0.29, 0.717) is 19.4 Å². The van der Waals surface area contributed by atoms with Gasteiger partial charge in [0.15, 0.2) is 0 Å². The smallest absolute Gasteiger partial charge is 0.308 e. The Balaban J connectivity index is 2.14. The lowest BCUT2D eigenvalue weighted by molar-refractivity contribution is -0.143. The summed E-state index contributed by atoms with van der Waals surface area (Å²) in [7, 11) is 0. The molecule has 1 aliphatic heterocycles. The van der Waals surface area contributed by atoms with E-state index in [4.69, 9.17) is 16.7 Å². The molecule has 6 heteroatoms. The number of aliphatic carboxylic acids is 1. The van der Waals surface area contributed by atoms with Crippen LogP contribution in [0.5, 0.6) is 0 Å². The second-order valence-corrected chi connectivity index (χ2v) is 4.96. The highest BCUT2D eigenvalue weighted by Crippen LogP contribution is 2.21. The first-order valence-corrected chi connectivity index (χ1v) is 6.34. The minimum absolute atomic E-state index is 0.113. The van der Waals surface area contributed by atoms with Gasteiger partial charge in [-0.25, -0.2) is 4.39 Å². The average molecular weight is 286 g/mol. The predicted molar refractivity (Wildman–Crippen MR) is 67.7 cm³/mol. The molecule has 4 nitrogen and oxygen atoms in total. The van der Waals surface area contributed by atoms with E-state index in [1.807, 2.05) is 0 Å². The van der Waals surface area contributed by atoms with Crippen LogP contribution in [-0.2, 0) is 4.79 Å². The number of carbonyl (C=O) groups is 2. The molecule has 0 saturated carbocycles. The first kappa shape index (κ1) is 13.8. The third kappa shape index (κ3) is 3.04. The van der Waals surface area contributed by atoms with Crippen molar-refractivity contribution in [3.8, 4) is 0 Å². The van der Waals surface area contributed by atoms with E-state index in [0.717, 1.165) is 6.07 Å². The van der Waals surface area contributed by atoms with Crippen molar-refractivity contribution < 1.29 is 19.1 Å². The minimum atomic E-state index is -0.894. The Morgan fingerprint density at radius 2 is 2.16 bits per heavy atom. The highest BCUT2D eigenvalue weighted by Gasteiger charge is 2.28. The molecule has 1 amide bonds. The van der Waals surface area contributed by atoms with Crippen LogP contribution >= 0.6 is 11.6 Å². The molecule has 19 heavy (non-hydrogen) atoms. The number of rotatable bonds is 2. The van der Waals surface area contributed by atoms with Gasteiger partial charge in [0.2, 0.25) is 0 Å². The van der Waals surface area contributed by atoms with Gasteiger partial charge in [-0.05, 0) is 31.0 Å². The van der Waals surface area contributed by atoms with Crippen LogP contribution in [-0.4, -0.2) is 35.0 Å². The predicted octanol–water partition coefficient (Wildman–Crippen LogP) is 2.42. The van der Waals surface area contributed by atoms with Gasteiger partial charge in [-0.3, -0.25) is 9.59 Å². The molecule has 0 radical (unpaired) electrons. The monoisotopic (exact) mass is 285 g/mol. The maximum atomic E-state index is 13.0. The van der Waals surface area contributed by atoms with Crippen molar-refractivity contribution in [2.75, 3.05) is 13.1 Å². The van der Waals surface area contributed by atoms with E-state index < -0.39 is 17.7 Å². The van der Waals surface area contributed by atoms with Crippen molar-refractivity contribution in [1.82, 2.24) is 4.90 Å². The number of hydrogen-bond donors (Lipinski definition) is 1. The Morgan fingerprint density at radius 3 is 2.79 bits per heavy atom. The topological polar surface area (TPSA) is 57.6 Å². The van der Waals surface area contributed by atoms with Crippen LogP contribution < -0.4 is 0 Å². The number of carboxylic acids is 1. The molecule has 0 aromatic heterocycles. The zero-order valence-electron chi connectivity index (χ0n) is 10.1. The molecule has 0 unspecified atom stereocenters. The summed E-state index contributed by atoms with van der Waals surface area (Å²) < 4.78 is 13.0. The van der Waals surface area contributed by atoms with Gasteiger partial charge in [0, 0.05) is 18.7 Å². The summed E-state index contributed by atoms with van der Waals surface area (Å²) >= 11 is 5.64. The molecule has 0 bridgehead atoms. The third-order valence-corrected chi connectivity index (χ3v) is 3.51. The summed E-state index contributed by atoms with van der Waals surface area (Å²) in [5.41, 5.74) is 0.275. The molecule has 0 spiro atoms. The number of likely N-dealkylation sites (tertiary alicyclic amines) is 1. The summed E-state index contributed by atoms with van der Waals surface area (Å²) in [4.78, 5) is 24.6. The molecule has 1 atom stereocenters. The number of nitrogens with zero attached hydrogens (tertiary/aromatic N) is 1. The number of carbonyl (C=O) groups excluding carboxylic acids is 1. The first-order valence-electron chi connectivity index (χ1n) is 5.96. The lowest BCUT2D eigenvalue weighted by atomic mass is 9.97. The molecule has 1 heterocycles. The van der Waals surface area contributed by atoms with Crippen molar-refractivity contribution in [2.45, 2.75) is 12.8 Å². The van der Waals surface area contributed by atoms with Gasteiger partial charge in [0.1, 0.15) is 5.82 Å². The van der Waals surface area contributed by atoms with E-state index in [-0.39, 0.29) is 23.0 Å². The highest BCUT2D eigenvalue weighted by molar-refractivity contribution is 6.31. The lowest BCUT2D eigenvalue weighted by Crippen LogP contribution is -2.42. The summed E-state index contributed by atoms with van der Waals surface area (Å²) in [6, 6.07) is 3.76. The maximum absolute atomic E-state index is 13.0. The Hall–Kier alpha value is -1.62. The van der Waals surface area contributed by atoms with Crippen LogP contribution in [0.1, 0.15) is 23.2 Å². The molecule has 102 valence electrons. The summed E-state index contributed by atoms with van der Waals surface area (Å²) in [6.45, 7) is 0.695. The van der Waals surface area contributed by atoms with Gasteiger partial charge in [-0.15, -0.1) is 0 Å². The van der Waals surface area contributed by atoms with Crippen LogP contribution in [0, 0.1) is 11.7 Å². The number of amides is 1. The molecule has 1 saturated heterocycles. The molecule has 1 fully saturated rings. The van der Waals surface area contributed by atoms with Crippen molar-refractivity contribution in [2.24, 2.45) is 5.92 Å². The SMILES string of the molecule is O=C(O)[C@@H]1CCCN(C(=O)c2ccc(F)c(Cl)c2)C1. The highest BCUT2D eigenvalue weighted by atomic mass is 35.5. The van der Waals surface area contributed by atoms with E-state index in [9.17, 15) is 14.0 Å². The molecule has 1 N–H and O–H groups in total. The van der Waals surface area contributed by atoms with Crippen LogP contribution in [0.15, 0.2) is 18.2 Å². The number of piperidine rings is 1. The fourth-order valence-corrected chi connectivity index (χ4v) is 2.36. The second kappa shape index (κ2) is 5.57. The van der Waals surface area contributed by atoms with E-state index in [1.165, 1.54) is 17.0 Å². The van der Waals surface area contributed by atoms with Crippen LogP contribution in [0.2, 0.25) is 5.02 Å². The number of carboxylic acid groups (broad SMARTS) is 1. The van der Waals surface area contributed by atoms with Crippen molar-refractivity contribution in [3.05, 3.63) is 34.6 Å². The molecule has 1 aliphatic rings. The molecule has 1 aromatic rings. The van der Waals surface area contributed by atoms with Crippen molar-refractivity contribution in [3.63, 3.8) is 0 Å². The van der Waals surface area contributed by atoms with Gasteiger partial charge >= 0.3 is 5.97 Å². The maximum Gasteiger partial charge on any atom is 0.308 e. The molecular formula is C13H13ClFNO3. The van der Waals surface area contributed by atoms with Crippen LogP contribution in [0.4, 0.5) is 4.39 Å². The summed E-state index contributed by atoms with van der Waals surface area (Å²) in [5.74, 6) is -2.32. The van der Waals surface area contributed by atoms with Gasteiger partial charge in [-0.2, -0.15) is 0 Å². The van der Waals surface area contributed by atoms with E-state index in [2.05, 4.69) is 0 Å². The van der Waals surface area contributed by atoms with Gasteiger partial charge in [-0.1, -0.05) is 11.6 Å². The zero-order chi connectivity index (χ0) is 14.0. The van der Waals surface area contributed by atoms with Gasteiger partial charge in [0.25, 0.3) is 5.91 Å². The van der Waals surface area contributed by atoms with Crippen molar-refractivity contribution in [1.29, 1.82) is 0 Å². The standard InChI is InChI=1S/C13H13ClFNO3/c14-10-6-8(3-4-11(10)15)12(17)16-5-1-2-9(7-16)13(18)19/h3-4,6,9H,1-2,5,7H2,(H,18,19)/t9-/m1/s1. The second-order valence-electron chi connectivity index (χ2n) is 4.56. The Kier molecular flexibility index (Phi) is 4.04. The quantitative estimate of drug-likeness (QED) is 0.908. The fraction of sp³-hybridized carbons (Fsp3) is 0.385. The summed E-state index contributed by atoms with van der Waals surface area (Å²) in [6.07, 6.45) is 1.22. The average Bonchev–Trinajstić information content (AvgIpc) is 2.41. The van der Waals surface area contributed by atoms with E-state index >= 15 is 0 Å². The Bertz CT molecular complexity index is 521. The molecule has 2 rings (SSSR count). The van der Waals surface area contributed by atoms with E-state index in [1.54, 1.807) is 0 Å². The van der Waals surface area contributed by atoms with Crippen LogP contribution in [0.3, 0.4) is 0 Å². The largest absolute Gasteiger partial charge is 0.481 e. The molecule has 0 aliphatic carbocycles. The molecule has 1 aromatic carbocycles. The molecular weight excluding hydrogens is 273 g/mol. The number of benzene rings is 1. The summed E-state index contributed by atoms with van der Waals surface area (Å²) in [5, 5.41) is 8.87. The minimum Gasteiger partial charge on any atom is -0.481 e. The van der Waals surface area contributed by atoms with Gasteiger partial charge < -0.3 is 10.0 Å². The zero-order valence-corrected chi connectivity index (χ0v) is 10.9. The fourth-order valence-electron chi connectivity index (χ4n) is 2.17. The third-order valence-electron chi connectivity index (χ3n) is 3.22. The van der Waals surface area contributed by atoms with Crippen LogP contribution in [0.25, 0.3) is 0 Å². The Labute approximate surface area is 114 Å². The lowest BCUT2D eigenvalue weighted by Gasteiger charge is -2.30.